The Bertz CT molecular complexity index is 286. The summed E-state index contributed by atoms with van der Waals surface area (Å²) in [6, 6.07) is 8.21. The standard InChI is InChI=1S/C13H21NO/c1-4-7-11(2)15-13-9-6-5-8-12(13)10-14-3/h5-6,8-9,11,14H,4,7,10H2,1-3H3. The lowest BCUT2D eigenvalue weighted by Crippen LogP contribution is -2.14. The van der Waals surface area contributed by atoms with Crippen LogP contribution in [0.25, 0.3) is 0 Å². The van der Waals surface area contributed by atoms with Gasteiger partial charge in [0.25, 0.3) is 0 Å². The van der Waals surface area contributed by atoms with Gasteiger partial charge in [0.1, 0.15) is 5.75 Å². The molecule has 0 aliphatic rings. The zero-order chi connectivity index (χ0) is 11.1. The highest BCUT2D eigenvalue weighted by molar-refractivity contribution is 5.33. The summed E-state index contributed by atoms with van der Waals surface area (Å²) in [5, 5.41) is 3.15. The van der Waals surface area contributed by atoms with Gasteiger partial charge in [-0.3, -0.25) is 0 Å². The fourth-order valence-corrected chi connectivity index (χ4v) is 1.64. The molecule has 2 nitrogen and oxygen atoms in total. The lowest BCUT2D eigenvalue weighted by molar-refractivity contribution is 0.207. The molecule has 1 unspecified atom stereocenters. The molecule has 1 aromatic carbocycles. The summed E-state index contributed by atoms with van der Waals surface area (Å²) < 4.78 is 5.90. The second kappa shape index (κ2) is 6.46. The summed E-state index contributed by atoms with van der Waals surface area (Å²) in [6.07, 6.45) is 2.57. The highest BCUT2D eigenvalue weighted by Gasteiger charge is 2.06. The molecule has 0 aliphatic carbocycles. The topological polar surface area (TPSA) is 21.3 Å². The molecule has 0 spiro atoms. The molecule has 0 aromatic heterocycles. The maximum Gasteiger partial charge on any atom is 0.124 e. The molecule has 1 rings (SSSR count). The molecule has 0 heterocycles. The molecule has 2 heteroatoms. The molecule has 0 radical (unpaired) electrons. The van der Waals surface area contributed by atoms with Crippen molar-refractivity contribution in [1.82, 2.24) is 5.32 Å². The molecular formula is C13H21NO. The molecule has 1 atom stereocenters. The fraction of sp³-hybridized carbons (Fsp3) is 0.538. The van der Waals surface area contributed by atoms with Crippen LogP contribution in [0.15, 0.2) is 24.3 Å². The molecule has 1 aromatic rings. The van der Waals surface area contributed by atoms with E-state index >= 15 is 0 Å². The first kappa shape index (κ1) is 12.1. The van der Waals surface area contributed by atoms with Crippen LogP contribution in [0.3, 0.4) is 0 Å². The van der Waals surface area contributed by atoms with Crippen LogP contribution in [0.1, 0.15) is 32.3 Å². The van der Waals surface area contributed by atoms with Gasteiger partial charge in [-0.2, -0.15) is 0 Å². The van der Waals surface area contributed by atoms with E-state index in [4.69, 9.17) is 4.74 Å². The van der Waals surface area contributed by atoms with Crippen LogP contribution >= 0.6 is 0 Å². The van der Waals surface area contributed by atoms with Crippen molar-refractivity contribution in [3.63, 3.8) is 0 Å². The molecule has 0 fully saturated rings. The second-order valence-electron chi connectivity index (χ2n) is 3.86. The normalized spacial score (nSPS) is 12.5. The van der Waals surface area contributed by atoms with Crippen LogP contribution in [-0.2, 0) is 6.54 Å². The number of rotatable bonds is 6. The van der Waals surface area contributed by atoms with Crippen LogP contribution in [0, 0.1) is 0 Å². The van der Waals surface area contributed by atoms with Gasteiger partial charge in [0.2, 0.25) is 0 Å². The number of para-hydroxylation sites is 1. The second-order valence-corrected chi connectivity index (χ2v) is 3.86. The monoisotopic (exact) mass is 207 g/mol. The Labute approximate surface area is 92.6 Å². The van der Waals surface area contributed by atoms with E-state index in [2.05, 4.69) is 25.2 Å². The summed E-state index contributed by atoms with van der Waals surface area (Å²) in [5.41, 5.74) is 1.22. The van der Waals surface area contributed by atoms with E-state index in [0.717, 1.165) is 25.1 Å². The maximum absolute atomic E-state index is 5.90. The molecule has 0 saturated carbocycles. The molecule has 84 valence electrons. The van der Waals surface area contributed by atoms with E-state index in [-0.39, 0.29) is 0 Å². The minimum Gasteiger partial charge on any atom is -0.490 e. The van der Waals surface area contributed by atoms with Gasteiger partial charge in [0, 0.05) is 12.1 Å². The highest BCUT2D eigenvalue weighted by atomic mass is 16.5. The van der Waals surface area contributed by atoms with Crippen LogP contribution in [0.4, 0.5) is 0 Å². The first-order valence-electron chi connectivity index (χ1n) is 5.67. The smallest absolute Gasteiger partial charge is 0.124 e. The van der Waals surface area contributed by atoms with Gasteiger partial charge in [-0.05, 0) is 26.5 Å². The van der Waals surface area contributed by atoms with E-state index in [1.807, 2.05) is 25.2 Å². The summed E-state index contributed by atoms with van der Waals surface area (Å²) in [4.78, 5) is 0. The van der Waals surface area contributed by atoms with Gasteiger partial charge in [0.05, 0.1) is 6.10 Å². The number of hydrogen-bond donors (Lipinski definition) is 1. The summed E-state index contributed by atoms with van der Waals surface area (Å²) in [7, 11) is 1.95. The van der Waals surface area contributed by atoms with Crippen molar-refractivity contribution in [2.45, 2.75) is 39.3 Å². The predicted molar refractivity (Wildman–Crippen MR) is 64.2 cm³/mol. The highest BCUT2D eigenvalue weighted by Crippen LogP contribution is 2.20. The van der Waals surface area contributed by atoms with E-state index < -0.39 is 0 Å². The van der Waals surface area contributed by atoms with E-state index in [1.165, 1.54) is 5.56 Å². The first-order valence-corrected chi connectivity index (χ1v) is 5.67. The van der Waals surface area contributed by atoms with Gasteiger partial charge in [-0.1, -0.05) is 31.5 Å². The molecule has 0 bridgehead atoms. The third kappa shape index (κ3) is 3.92. The average molecular weight is 207 g/mol. The number of hydrogen-bond acceptors (Lipinski definition) is 2. The van der Waals surface area contributed by atoms with Crippen molar-refractivity contribution >= 4 is 0 Å². The molecule has 0 amide bonds. The largest absolute Gasteiger partial charge is 0.490 e. The minimum absolute atomic E-state index is 0.299. The Morgan fingerprint density at radius 1 is 1.33 bits per heavy atom. The Kier molecular flexibility index (Phi) is 5.19. The van der Waals surface area contributed by atoms with Gasteiger partial charge in [-0.25, -0.2) is 0 Å². The van der Waals surface area contributed by atoms with Crippen molar-refractivity contribution in [3.8, 4) is 5.75 Å². The lowest BCUT2D eigenvalue weighted by atomic mass is 10.2. The van der Waals surface area contributed by atoms with E-state index in [9.17, 15) is 0 Å². The lowest BCUT2D eigenvalue weighted by Gasteiger charge is -2.16. The third-order valence-corrected chi connectivity index (χ3v) is 2.36. The van der Waals surface area contributed by atoms with Gasteiger partial charge in [-0.15, -0.1) is 0 Å². The summed E-state index contributed by atoms with van der Waals surface area (Å²) in [5.74, 6) is 1.01. The summed E-state index contributed by atoms with van der Waals surface area (Å²) in [6.45, 7) is 5.16. The van der Waals surface area contributed by atoms with Crippen molar-refractivity contribution in [2.24, 2.45) is 0 Å². The van der Waals surface area contributed by atoms with E-state index in [0.29, 0.717) is 6.10 Å². The number of ether oxygens (including phenoxy) is 1. The molecule has 0 aliphatic heterocycles. The van der Waals surface area contributed by atoms with Crippen LogP contribution in [0.5, 0.6) is 5.75 Å². The molecule has 1 N–H and O–H groups in total. The van der Waals surface area contributed by atoms with Gasteiger partial charge >= 0.3 is 0 Å². The quantitative estimate of drug-likeness (QED) is 0.774. The van der Waals surface area contributed by atoms with Crippen LogP contribution in [-0.4, -0.2) is 13.2 Å². The predicted octanol–water partition coefficient (Wildman–Crippen LogP) is 2.97. The van der Waals surface area contributed by atoms with Gasteiger partial charge < -0.3 is 10.1 Å². The summed E-state index contributed by atoms with van der Waals surface area (Å²) >= 11 is 0. The number of benzene rings is 1. The Balaban J connectivity index is 2.66. The average Bonchev–Trinajstić information content (AvgIpc) is 2.21. The Morgan fingerprint density at radius 2 is 2.07 bits per heavy atom. The van der Waals surface area contributed by atoms with Crippen molar-refractivity contribution in [2.75, 3.05) is 7.05 Å². The van der Waals surface area contributed by atoms with E-state index in [1.54, 1.807) is 0 Å². The fourth-order valence-electron chi connectivity index (χ4n) is 1.64. The number of nitrogens with one attached hydrogen (secondary N) is 1. The zero-order valence-electron chi connectivity index (χ0n) is 9.92. The van der Waals surface area contributed by atoms with Crippen LogP contribution < -0.4 is 10.1 Å². The maximum atomic E-state index is 5.90. The van der Waals surface area contributed by atoms with Crippen LogP contribution in [0.2, 0.25) is 0 Å². The van der Waals surface area contributed by atoms with Crippen molar-refractivity contribution in [3.05, 3.63) is 29.8 Å². The van der Waals surface area contributed by atoms with Crippen molar-refractivity contribution in [1.29, 1.82) is 0 Å². The first-order chi connectivity index (χ1) is 7.27. The third-order valence-electron chi connectivity index (χ3n) is 2.36. The Hall–Kier alpha value is -1.02. The minimum atomic E-state index is 0.299. The zero-order valence-corrected chi connectivity index (χ0v) is 9.92. The molecule has 0 saturated heterocycles. The molecule has 15 heavy (non-hydrogen) atoms. The van der Waals surface area contributed by atoms with Crippen molar-refractivity contribution < 1.29 is 4.74 Å². The SMILES string of the molecule is CCCC(C)Oc1ccccc1CNC. The molecular weight excluding hydrogens is 186 g/mol. The Morgan fingerprint density at radius 3 is 2.73 bits per heavy atom. The van der Waals surface area contributed by atoms with Gasteiger partial charge in [0.15, 0.2) is 0 Å².